The second kappa shape index (κ2) is 10.0. The molecule has 2 aromatic rings. The maximum absolute atomic E-state index is 13.0. The lowest BCUT2D eigenvalue weighted by molar-refractivity contribution is -0.132. The maximum Gasteiger partial charge on any atom is 0.239 e. The van der Waals surface area contributed by atoms with Crippen LogP contribution >= 0.6 is 12.4 Å². The van der Waals surface area contributed by atoms with Crippen molar-refractivity contribution in [3.05, 3.63) is 65.5 Å². The summed E-state index contributed by atoms with van der Waals surface area (Å²) < 4.78 is 18.3. The molecule has 0 aromatic heterocycles. The fourth-order valence-corrected chi connectivity index (χ4v) is 2.51. The summed E-state index contributed by atoms with van der Waals surface area (Å²) >= 11 is 0. The third-order valence-electron chi connectivity index (χ3n) is 3.84. The molecule has 0 spiro atoms. The van der Waals surface area contributed by atoms with Gasteiger partial charge in [-0.05, 0) is 37.1 Å². The minimum atomic E-state index is -0.576. The molecule has 6 heteroatoms. The predicted octanol–water partition coefficient (Wildman–Crippen LogP) is 3.17. The second-order valence-electron chi connectivity index (χ2n) is 5.74. The van der Waals surface area contributed by atoms with Gasteiger partial charge >= 0.3 is 0 Å². The van der Waals surface area contributed by atoms with E-state index in [9.17, 15) is 9.18 Å². The molecule has 2 N–H and O–H groups in total. The highest BCUT2D eigenvalue weighted by Crippen LogP contribution is 2.20. The average Bonchev–Trinajstić information content (AvgIpc) is 2.59. The summed E-state index contributed by atoms with van der Waals surface area (Å²) in [5.74, 6) is 0.348. The van der Waals surface area contributed by atoms with Crippen molar-refractivity contribution in [2.24, 2.45) is 5.73 Å². The standard InChI is InChI=1S/C19H23FN2O2.ClH/c1-14(21)19(23)22(12-11-15-7-9-17(20)10-8-15)13-16-5-3-4-6-18(16)24-2;/h3-10,14H,11-13,21H2,1-2H3;1H/t14-;/m0./s1. The number of nitrogens with zero attached hydrogens (tertiary/aromatic N) is 1. The van der Waals surface area contributed by atoms with E-state index in [0.717, 1.165) is 16.9 Å². The maximum atomic E-state index is 13.0. The molecule has 2 rings (SSSR count). The Bertz CT molecular complexity index is 677. The van der Waals surface area contributed by atoms with E-state index < -0.39 is 6.04 Å². The van der Waals surface area contributed by atoms with Crippen molar-refractivity contribution in [3.8, 4) is 5.75 Å². The molecule has 0 heterocycles. The summed E-state index contributed by atoms with van der Waals surface area (Å²) in [4.78, 5) is 14.1. The van der Waals surface area contributed by atoms with Crippen LogP contribution in [0.15, 0.2) is 48.5 Å². The van der Waals surface area contributed by atoms with Crippen LogP contribution in [0.2, 0.25) is 0 Å². The number of hydrogen-bond donors (Lipinski definition) is 1. The van der Waals surface area contributed by atoms with Gasteiger partial charge in [0.1, 0.15) is 11.6 Å². The topological polar surface area (TPSA) is 55.6 Å². The molecule has 25 heavy (non-hydrogen) atoms. The van der Waals surface area contributed by atoms with Gasteiger partial charge in [0, 0.05) is 18.7 Å². The fourth-order valence-electron chi connectivity index (χ4n) is 2.51. The first kappa shape index (κ1) is 20.9. The average molecular weight is 367 g/mol. The Kier molecular flexibility index (Phi) is 8.38. The highest BCUT2D eigenvalue weighted by atomic mass is 35.5. The Labute approximate surface area is 154 Å². The van der Waals surface area contributed by atoms with Crippen LogP contribution in [0.4, 0.5) is 4.39 Å². The van der Waals surface area contributed by atoms with Crippen molar-refractivity contribution in [1.82, 2.24) is 4.90 Å². The predicted molar refractivity (Wildman–Crippen MR) is 99.4 cm³/mol. The molecular formula is C19H24ClFN2O2. The van der Waals surface area contributed by atoms with Gasteiger partial charge in [-0.15, -0.1) is 12.4 Å². The number of carbonyl (C=O) groups is 1. The van der Waals surface area contributed by atoms with Crippen LogP contribution in [-0.2, 0) is 17.8 Å². The van der Waals surface area contributed by atoms with Gasteiger partial charge in [-0.1, -0.05) is 30.3 Å². The van der Waals surface area contributed by atoms with Gasteiger partial charge in [-0.25, -0.2) is 4.39 Å². The molecule has 0 saturated carbocycles. The number of nitrogens with two attached hydrogens (primary N) is 1. The quantitative estimate of drug-likeness (QED) is 0.818. The molecule has 0 aliphatic rings. The molecule has 136 valence electrons. The highest BCUT2D eigenvalue weighted by molar-refractivity contribution is 5.85. The van der Waals surface area contributed by atoms with Crippen LogP contribution in [0.5, 0.6) is 5.75 Å². The van der Waals surface area contributed by atoms with Gasteiger partial charge in [0.2, 0.25) is 5.91 Å². The normalized spacial score (nSPS) is 11.4. The van der Waals surface area contributed by atoms with Crippen LogP contribution in [0, 0.1) is 5.82 Å². The highest BCUT2D eigenvalue weighted by Gasteiger charge is 2.19. The van der Waals surface area contributed by atoms with Gasteiger partial charge in [0.05, 0.1) is 13.2 Å². The van der Waals surface area contributed by atoms with Crippen molar-refractivity contribution in [2.75, 3.05) is 13.7 Å². The number of carbonyl (C=O) groups excluding carboxylic acids is 1. The van der Waals surface area contributed by atoms with Crippen LogP contribution in [0.3, 0.4) is 0 Å². The monoisotopic (exact) mass is 366 g/mol. The van der Waals surface area contributed by atoms with E-state index in [4.69, 9.17) is 10.5 Å². The van der Waals surface area contributed by atoms with Gasteiger partial charge in [-0.3, -0.25) is 4.79 Å². The van der Waals surface area contributed by atoms with Crippen LogP contribution in [0.25, 0.3) is 0 Å². The number of rotatable bonds is 7. The first-order valence-electron chi connectivity index (χ1n) is 7.92. The summed E-state index contributed by atoms with van der Waals surface area (Å²) in [6, 6.07) is 13.3. The van der Waals surface area contributed by atoms with E-state index in [1.165, 1.54) is 12.1 Å². The van der Waals surface area contributed by atoms with E-state index in [2.05, 4.69) is 0 Å². The SMILES string of the molecule is COc1ccccc1CN(CCc1ccc(F)cc1)C(=O)[C@H](C)N.Cl. The Hall–Kier alpha value is -2.11. The summed E-state index contributed by atoms with van der Waals surface area (Å²) in [5.41, 5.74) is 7.67. The first-order valence-corrected chi connectivity index (χ1v) is 7.92. The largest absolute Gasteiger partial charge is 0.496 e. The Morgan fingerprint density at radius 2 is 1.84 bits per heavy atom. The lowest BCUT2D eigenvalue weighted by atomic mass is 10.1. The lowest BCUT2D eigenvalue weighted by Gasteiger charge is -2.25. The summed E-state index contributed by atoms with van der Waals surface area (Å²) in [5, 5.41) is 0. The molecule has 4 nitrogen and oxygen atoms in total. The van der Waals surface area contributed by atoms with Gasteiger partial charge in [-0.2, -0.15) is 0 Å². The lowest BCUT2D eigenvalue weighted by Crippen LogP contribution is -2.42. The van der Waals surface area contributed by atoms with Crippen molar-refractivity contribution in [3.63, 3.8) is 0 Å². The molecule has 1 atom stereocenters. The molecule has 0 aliphatic heterocycles. The zero-order valence-electron chi connectivity index (χ0n) is 14.4. The van der Waals surface area contributed by atoms with Gasteiger partial charge in [0.25, 0.3) is 0 Å². The number of hydrogen-bond acceptors (Lipinski definition) is 3. The molecule has 0 unspecified atom stereocenters. The van der Waals surface area contributed by atoms with Crippen LogP contribution < -0.4 is 10.5 Å². The van der Waals surface area contributed by atoms with Gasteiger partial charge in [0.15, 0.2) is 0 Å². The van der Waals surface area contributed by atoms with Crippen molar-refractivity contribution < 1.29 is 13.9 Å². The fraction of sp³-hybridized carbons (Fsp3) is 0.316. The number of amides is 1. The van der Waals surface area contributed by atoms with E-state index in [-0.39, 0.29) is 24.1 Å². The third kappa shape index (κ3) is 6.03. The molecule has 0 fully saturated rings. The molecular weight excluding hydrogens is 343 g/mol. The van der Waals surface area contributed by atoms with Crippen LogP contribution in [-0.4, -0.2) is 30.5 Å². The van der Waals surface area contributed by atoms with E-state index >= 15 is 0 Å². The second-order valence-corrected chi connectivity index (χ2v) is 5.74. The number of methoxy groups -OCH3 is 1. The summed E-state index contributed by atoms with van der Waals surface area (Å²) in [7, 11) is 1.61. The third-order valence-corrected chi connectivity index (χ3v) is 3.84. The zero-order valence-corrected chi connectivity index (χ0v) is 15.3. The van der Waals surface area contributed by atoms with Gasteiger partial charge < -0.3 is 15.4 Å². The number of halogens is 2. The van der Waals surface area contributed by atoms with Crippen molar-refractivity contribution in [2.45, 2.75) is 25.9 Å². The van der Waals surface area contributed by atoms with E-state index in [1.807, 2.05) is 24.3 Å². The molecule has 0 bridgehead atoms. The zero-order chi connectivity index (χ0) is 17.5. The molecule has 0 saturated heterocycles. The summed E-state index contributed by atoms with van der Waals surface area (Å²) in [6.45, 7) is 2.60. The molecule has 1 amide bonds. The Balaban J connectivity index is 0.00000312. The smallest absolute Gasteiger partial charge is 0.239 e. The summed E-state index contributed by atoms with van der Waals surface area (Å²) in [6.07, 6.45) is 0.633. The molecule has 0 radical (unpaired) electrons. The van der Waals surface area contributed by atoms with Crippen molar-refractivity contribution >= 4 is 18.3 Å². The molecule has 0 aliphatic carbocycles. The Morgan fingerprint density at radius 3 is 2.44 bits per heavy atom. The number of ether oxygens (including phenoxy) is 1. The molecule has 2 aromatic carbocycles. The van der Waals surface area contributed by atoms with Crippen molar-refractivity contribution in [1.29, 1.82) is 0 Å². The minimum Gasteiger partial charge on any atom is -0.496 e. The van der Waals surface area contributed by atoms with E-state index in [1.54, 1.807) is 31.1 Å². The first-order chi connectivity index (χ1) is 11.5. The van der Waals surface area contributed by atoms with Crippen LogP contribution in [0.1, 0.15) is 18.1 Å². The number of benzene rings is 2. The van der Waals surface area contributed by atoms with E-state index in [0.29, 0.717) is 19.5 Å². The number of para-hydroxylation sites is 1. The minimum absolute atomic E-state index is 0. The Morgan fingerprint density at radius 1 is 1.20 bits per heavy atom.